The van der Waals surface area contributed by atoms with Crippen LogP contribution in [-0.2, 0) is 0 Å². The zero-order chi connectivity index (χ0) is 12.6. The summed E-state index contributed by atoms with van der Waals surface area (Å²) in [4.78, 5) is 15.3. The summed E-state index contributed by atoms with van der Waals surface area (Å²) in [5.74, 6) is -1.70. The molecule has 1 aromatic heterocycles. The first kappa shape index (κ1) is 11.5. The molecule has 0 saturated carbocycles. The molecule has 17 heavy (non-hydrogen) atoms. The van der Waals surface area contributed by atoms with Crippen molar-refractivity contribution in [1.82, 2.24) is 4.98 Å². The van der Waals surface area contributed by atoms with Crippen molar-refractivity contribution in [3.05, 3.63) is 41.3 Å². The van der Waals surface area contributed by atoms with Crippen LogP contribution in [0, 0.1) is 5.82 Å². The number of aromatic nitrogens is 1. The zero-order valence-electron chi connectivity index (χ0n) is 9.53. The number of hydrogen-bond donors (Lipinski definition) is 0. The van der Waals surface area contributed by atoms with E-state index in [4.69, 9.17) is 0 Å². The maximum Gasteiger partial charge on any atom is 0.123 e. The number of nitrogens with zero attached hydrogens (tertiary/aromatic N) is 1. The van der Waals surface area contributed by atoms with Crippen molar-refractivity contribution >= 4 is 16.9 Å². The van der Waals surface area contributed by atoms with Crippen molar-refractivity contribution in [2.45, 2.75) is 19.8 Å². The van der Waals surface area contributed by atoms with E-state index in [-0.39, 0.29) is 16.9 Å². The minimum Gasteiger partial charge on any atom is -0.545 e. The molecule has 4 heteroatoms. The number of carboxylic acids is 1. The Kier molecular flexibility index (Phi) is 2.79. The Morgan fingerprint density at radius 3 is 2.65 bits per heavy atom. The molecular formula is C13H11FNO2-. The van der Waals surface area contributed by atoms with Gasteiger partial charge in [-0.2, -0.15) is 0 Å². The van der Waals surface area contributed by atoms with E-state index in [9.17, 15) is 14.3 Å². The molecule has 0 unspecified atom stereocenters. The molecule has 3 nitrogen and oxygen atoms in total. The Balaban J connectivity index is 2.81. The molecule has 1 heterocycles. The molecule has 0 aliphatic carbocycles. The van der Waals surface area contributed by atoms with Gasteiger partial charge in [0.2, 0.25) is 0 Å². The fraction of sp³-hybridized carbons (Fsp3) is 0.231. The van der Waals surface area contributed by atoms with Crippen LogP contribution in [0.3, 0.4) is 0 Å². The number of carbonyl (C=O) groups excluding carboxylic acids is 1. The average Bonchev–Trinajstić information content (AvgIpc) is 2.27. The molecule has 0 saturated heterocycles. The predicted molar refractivity (Wildman–Crippen MR) is 60.1 cm³/mol. The fourth-order valence-electron chi connectivity index (χ4n) is 1.68. The van der Waals surface area contributed by atoms with E-state index in [2.05, 4.69) is 4.98 Å². The Bertz CT molecular complexity index is 593. The molecule has 0 aliphatic heterocycles. The van der Waals surface area contributed by atoms with Gasteiger partial charge in [0, 0.05) is 16.6 Å². The highest BCUT2D eigenvalue weighted by molar-refractivity contribution is 6.01. The number of rotatable bonds is 2. The monoisotopic (exact) mass is 232 g/mol. The van der Waals surface area contributed by atoms with E-state index in [0.717, 1.165) is 6.07 Å². The lowest BCUT2D eigenvalue weighted by Crippen LogP contribution is -2.23. The topological polar surface area (TPSA) is 53.0 Å². The van der Waals surface area contributed by atoms with Gasteiger partial charge < -0.3 is 9.90 Å². The number of hydrogen-bond acceptors (Lipinski definition) is 3. The SMILES string of the molecule is CC(C)c1cc(C(=O)[O-])c2cc(F)ccc2n1. The van der Waals surface area contributed by atoms with E-state index >= 15 is 0 Å². The molecule has 2 aromatic rings. The predicted octanol–water partition coefficient (Wildman–Crippen LogP) is 1.86. The molecule has 0 bridgehead atoms. The summed E-state index contributed by atoms with van der Waals surface area (Å²) in [6.07, 6.45) is 0. The van der Waals surface area contributed by atoms with Crippen molar-refractivity contribution in [2.75, 3.05) is 0 Å². The molecule has 0 spiro atoms. The number of carboxylic acid groups (broad SMARTS) is 1. The molecular weight excluding hydrogens is 221 g/mol. The standard InChI is InChI=1S/C13H12FNO2/c1-7(2)12-6-10(13(16)17)9-5-8(14)3-4-11(9)15-12/h3-7H,1-2H3,(H,16,17)/p-1. The summed E-state index contributed by atoms with van der Waals surface area (Å²) in [7, 11) is 0. The maximum atomic E-state index is 13.1. The molecule has 0 atom stereocenters. The molecule has 0 amide bonds. The highest BCUT2D eigenvalue weighted by atomic mass is 19.1. The van der Waals surface area contributed by atoms with E-state index in [1.54, 1.807) is 0 Å². The van der Waals surface area contributed by atoms with Gasteiger partial charge in [-0.25, -0.2) is 4.39 Å². The van der Waals surface area contributed by atoms with Crippen LogP contribution in [0.5, 0.6) is 0 Å². The summed E-state index contributed by atoms with van der Waals surface area (Å²) < 4.78 is 13.1. The molecule has 0 fully saturated rings. The molecule has 2 rings (SSSR count). The molecule has 0 aliphatic rings. The molecule has 0 radical (unpaired) electrons. The Morgan fingerprint density at radius 1 is 1.35 bits per heavy atom. The minimum absolute atomic E-state index is 0.0156. The van der Waals surface area contributed by atoms with Gasteiger partial charge >= 0.3 is 0 Å². The normalized spacial score (nSPS) is 11.1. The van der Waals surface area contributed by atoms with Crippen LogP contribution in [0.1, 0.15) is 35.8 Å². The van der Waals surface area contributed by atoms with Crippen molar-refractivity contribution in [3.8, 4) is 0 Å². The van der Waals surface area contributed by atoms with Gasteiger partial charge in [-0.15, -0.1) is 0 Å². The van der Waals surface area contributed by atoms with E-state index in [0.29, 0.717) is 11.2 Å². The van der Waals surface area contributed by atoms with Crippen LogP contribution in [0.4, 0.5) is 4.39 Å². The number of halogens is 1. The highest BCUT2D eigenvalue weighted by Gasteiger charge is 2.09. The third-order valence-electron chi connectivity index (χ3n) is 2.60. The van der Waals surface area contributed by atoms with Gasteiger partial charge in [-0.3, -0.25) is 4.98 Å². The van der Waals surface area contributed by atoms with Crippen LogP contribution >= 0.6 is 0 Å². The first-order valence-corrected chi connectivity index (χ1v) is 5.30. The molecule has 0 N–H and O–H groups in total. The van der Waals surface area contributed by atoms with Crippen molar-refractivity contribution in [3.63, 3.8) is 0 Å². The van der Waals surface area contributed by atoms with Crippen molar-refractivity contribution in [2.24, 2.45) is 0 Å². The lowest BCUT2D eigenvalue weighted by atomic mass is 10.0. The third kappa shape index (κ3) is 2.11. The van der Waals surface area contributed by atoms with Gasteiger partial charge in [-0.05, 0) is 30.2 Å². The van der Waals surface area contributed by atoms with Crippen molar-refractivity contribution < 1.29 is 14.3 Å². The number of carbonyl (C=O) groups is 1. The maximum absolute atomic E-state index is 13.1. The van der Waals surface area contributed by atoms with E-state index in [1.807, 2.05) is 13.8 Å². The van der Waals surface area contributed by atoms with Crippen LogP contribution < -0.4 is 5.11 Å². The third-order valence-corrected chi connectivity index (χ3v) is 2.60. The van der Waals surface area contributed by atoms with Gasteiger partial charge in [0.1, 0.15) is 5.82 Å². The second kappa shape index (κ2) is 4.13. The second-order valence-corrected chi connectivity index (χ2v) is 4.20. The smallest absolute Gasteiger partial charge is 0.123 e. The zero-order valence-corrected chi connectivity index (χ0v) is 9.53. The Labute approximate surface area is 97.9 Å². The van der Waals surface area contributed by atoms with Gasteiger partial charge in [-0.1, -0.05) is 13.8 Å². The quantitative estimate of drug-likeness (QED) is 0.794. The van der Waals surface area contributed by atoms with Crippen LogP contribution in [-0.4, -0.2) is 11.0 Å². The van der Waals surface area contributed by atoms with Gasteiger partial charge in [0.15, 0.2) is 0 Å². The van der Waals surface area contributed by atoms with Crippen LogP contribution in [0.15, 0.2) is 24.3 Å². The highest BCUT2D eigenvalue weighted by Crippen LogP contribution is 2.22. The van der Waals surface area contributed by atoms with Gasteiger partial charge in [0.05, 0.1) is 11.5 Å². The second-order valence-electron chi connectivity index (χ2n) is 4.20. The number of benzene rings is 1. The lowest BCUT2D eigenvalue weighted by Gasteiger charge is -2.12. The van der Waals surface area contributed by atoms with Gasteiger partial charge in [0.25, 0.3) is 0 Å². The summed E-state index contributed by atoms with van der Waals surface area (Å²) in [5, 5.41) is 11.3. The van der Waals surface area contributed by atoms with Crippen LogP contribution in [0.2, 0.25) is 0 Å². The first-order valence-electron chi connectivity index (χ1n) is 5.30. The van der Waals surface area contributed by atoms with Crippen molar-refractivity contribution in [1.29, 1.82) is 0 Å². The summed E-state index contributed by atoms with van der Waals surface area (Å²) in [5.41, 5.74) is 1.11. The Hall–Kier alpha value is -1.97. The first-order chi connectivity index (χ1) is 7.99. The van der Waals surface area contributed by atoms with Crippen LogP contribution in [0.25, 0.3) is 10.9 Å². The number of pyridine rings is 1. The average molecular weight is 232 g/mol. The van der Waals surface area contributed by atoms with E-state index < -0.39 is 11.8 Å². The summed E-state index contributed by atoms with van der Waals surface area (Å²) in [6.45, 7) is 3.83. The Morgan fingerprint density at radius 2 is 2.06 bits per heavy atom. The summed E-state index contributed by atoms with van der Waals surface area (Å²) in [6, 6.07) is 5.35. The number of fused-ring (bicyclic) bond motifs is 1. The molecule has 1 aromatic carbocycles. The largest absolute Gasteiger partial charge is 0.545 e. The molecule has 88 valence electrons. The lowest BCUT2D eigenvalue weighted by molar-refractivity contribution is -0.254. The minimum atomic E-state index is -1.31. The fourth-order valence-corrected chi connectivity index (χ4v) is 1.68. The summed E-state index contributed by atoms with van der Waals surface area (Å²) >= 11 is 0. The number of aromatic carboxylic acids is 1. The van der Waals surface area contributed by atoms with E-state index in [1.165, 1.54) is 18.2 Å².